The van der Waals surface area contributed by atoms with Crippen molar-refractivity contribution in [3.63, 3.8) is 0 Å². The van der Waals surface area contributed by atoms with Crippen molar-refractivity contribution in [3.8, 4) is 11.5 Å². The minimum Gasteiger partial charge on any atom is -0.334 e. The lowest BCUT2D eigenvalue weighted by Gasteiger charge is -2.03. The summed E-state index contributed by atoms with van der Waals surface area (Å²) in [4.78, 5) is 4.47. The first-order valence-corrected chi connectivity index (χ1v) is 6.46. The number of benzene rings is 1. The number of nitrogens with one attached hydrogen (secondary N) is 1. The number of hydrogen-bond acceptors (Lipinski definition) is 4. The third-order valence-electron chi connectivity index (χ3n) is 3.31. The second-order valence-electron chi connectivity index (χ2n) is 4.52. The van der Waals surface area contributed by atoms with Crippen LogP contribution >= 0.6 is 11.6 Å². The van der Waals surface area contributed by atoms with E-state index < -0.39 is 0 Å². The van der Waals surface area contributed by atoms with E-state index in [4.69, 9.17) is 16.1 Å². The summed E-state index contributed by atoms with van der Waals surface area (Å²) >= 11 is 6.10. The van der Waals surface area contributed by atoms with E-state index in [0.29, 0.717) is 10.9 Å². The first kappa shape index (κ1) is 11.7. The molecule has 0 spiro atoms. The molecule has 1 saturated heterocycles. The molecule has 0 bridgehead atoms. The molecule has 3 rings (SSSR count). The molecule has 1 fully saturated rings. The molecule has 2 heterocycles. The standard InChI is InChI=1S/C13H14ClN3O/c1-8-9(4-2-5-10(8)14)13-16-12(17-18-13)11-6-3-7-15-11/h2,4-5,11,15H,3,6-7H2,1H3. The lowest BCUT2D eigenvalue weighted by molar-refractivity contribution is 0.412. The Balaban J connectivity index is 1.95. The van der Waals surface area contributed by atoms with Gasteiger partial charge in [-0.3, -0.25) is 0 Å². The van der Waals surface area contributed by atoms with E-state index in [0.717, 1.165) is 36.3 Å². The Morgan fingerprint density at radius 2 is 2.33 bits per heavy atom. The molecule has 1 aliphatic rings. The average molecular weight is 264 g/mol. The second kappa shape index (κ2) is 4.71. The van der Waals surface area contributed by atoms with Gasteiger partial charge in [-0.1, -0.05) is 22.8 Å². The maximum atomic E-state index is 6.10. The molecule has 0 saturated carbocycles. The molecular formula is C13H14ClN3O. The maximum Gasteiger partial charge on any atom is 0.258 e. The number of aromatic nitrogens is 2. The summed E-state index contributed by atoms with van der Waals surface area (Å²) in [6.07, 6.45) is 2.22. The highest BCUT2D eigenvalue weighted by molar-refractivity contribution is 6.31. The monoisotopic (exact) mass is 263 g/mol. The smallest absolute Gasteiger partial charge is 0.258 e. The molecule has 1 N–H and O–H groups in total. The lowest BCUT2D eigenvalue weighted by Crippen LogP contribution is -2.14. The average Bonchev–Trinajstić information content (AvgIpc) is 3.01. The Morgan fingerprint density at radius 3 is 3.11 bits per heavy atom. The Morgan fingerprint density at radius 1 is 1.44 bits per heavy atom. The van der Waals surface area contributed by atoms with E-state index in [1.807, 2.05) is 25.1 Å². The number of hydrogen-bond donors (Lipinski definition) is 1. The molecule has 2 aromatic rings. The molecule has 5 heteroatoms. The largest absolute Gasteiger partial charge is 0.334 e. The predicted octanol–water partition coefficient (Wildman–Crippen LogP) is 3.12. The Bertz CT molecular complexity index is 561. The Kier molecular flexibility index (Phi) is 3.06. The van der Waals surface area contributed by atoms with Gasteiger partial charge in [0.1, 0.15) is 0 Å². The fourth-order valence-corrected chi connectivity index (χ4v) is 2.40. The number of halogens is 1. The van der Waals surface area contributed by atoms with Gasteiger partial charge >= 0.3 is 0 Å². The van der Waals surface area contributed by atoms with Gasteiger partial charge < -0.3 is 9.84 Å². The summed E-state index contributed by atoms with van der Waals surface area (Å²) in [5, 5.41) is 8.12. The van der Waals surface area contributed by atoms with Gasteiger partial charge in [-0.05, 0) is 44.0 Å². The van der Waals surface area contributed by atoms with Crippen LogP contribution in [0.5, 0.6) is 0 Å². The van der Waals surface area contributed by atoms with Crippen LogP contribution in [0.2, 0.25) is 5.02 Å². The van der Waals surface area contributed by atoms with E-state index in [1.54, 1.807) is 0 Å². The molecule has 0 radical (unpaired) electrons. The van der Waals surface area contributed by atoms with Crippen LogP contribution in [0, 0.1) is 6.92 Å². The van der Waals surface area contributed by atoms with Crippen molar-refractivity contribution >= 4 is 11.6 Å². The highest BCUT2D eigenvalue weighted by Crippen LogP contribution is 2.29. The predicted molar refractivity (Wildman–Crippen MR) is 69.5 cm³/mol. The van der Waals surface area contributed by atoms with Gasteiger partial charge in [0.15, 0.2) is 5.82 Å². The normalized spacial score (nSPS) is 19.3. The van der Waals surface area contributed by atoms with Crippen LogP contribution in [0.25, 0.3) is 11.5 Å². The van der Waals surface area contributed by atoms with Crippen molar-refractivity contribution in [2.24, 2.45) is 0 Å². The third kappa shape index (κ3) is 2.02. The molecule has 1 aromatic carbocycles. The lowest BCUT2D eigenvalue weighted by atomic mass is 10.1. The maximum absolute atomic E-state index is 6.10. The molecule has 0 amide bonds. The molecular weight excluding hydrogens is 250 g/mol. The molecule has 94 valence electrons. The Hall–Kier alpha value is -1.39. The minimum absolute atomic E-state index is 0.224. The van der Waals surface area contributed by atoms with Gasteiger partial charge in [0.05, 0.1) is 6.04 Å². The van der Waals surface area contributed by atoms with Crippen molar-refractivity contribution in [2.75, 3.05) is 6.54 Å². The SMILES string of the molecule is Cc1c(Cl)cccc1-c1nc(C2CCCN2)no1. The third-order valence-corrected chi connectivity index (χ3v) is 3.72. The molecule has 0 aliphatic carbocycles. The van der Waals surface area contributed by atoms with E-state index >= 15 is 0 Å². The van der Waals surface area contributed by atoms with Crippen LogP contribution in [-0.2, 0) is 0 Å². The van der Waals surface area contributed by atoms with Gasteiger partial charge in [-0.15, -0.1) is 0 Å². The van der Waals surface area contributed by atoms with Crippen LogP contribution < -0.4 is 5.32 Å². The first-order chi connectivity index (χ1) is 8.75. The van der Waals surface area contributed by atoms with Crippen molar-refractivity contribution in [2.45, 2.75) is 25.8 Å². The van der Waals surface area contributed by atoms with Gasteiger partial charge in [-0.2, -0.15) is 4.98 Å². The molecule has 1 unspecified atom stereocenters. The quantitative estimate of drug-likeness (QED) is 0.904. The second-order valence-corrected chi connectivity index (χ2v) is 4.93. The number of rotatable bonds is 2. The summed E-state index contributed by atoms with van der Waals surface area (Å²) in [7, 11) is 0. The van der Waals surface area contributed by atoms with Crippen molar-refractivity contribution < 1.29 is 4.52 Å². The molecule has 18 heavy (non-hydrogen) atoms. The van der Waals surface area contributed by atoms with Gasteiger partial charge in [0, 0.05) is 10.6 Å². The highest BCUT2D eigenvalue weighted by atomic mass is 35.5. The zero-order chi connectivity index (χ0) is 12.5. The summed E-state index contributed by atoms with van der Waals surface area (Å²) in [5.74, 6) is 1.28. The number of nitrogens with zero attached hydrogens (tertiary/aromatic N) is 2. The first-order valence-electron chi connectivity index (χ1n) is 6.08. The van der Waals surface area contributed by atoms with Crippen LogP contribution in [0.3, 0.4) is 0 Å². The fraction of sp³-hybridized carbons (Fsp3) is 0.385. The van der Waals surface area contributed by atoms with E-state index in [2.05, 4.69) is 15.5 Å². The van der Waals surface area contributed by atoms with E-state index in [1.165, 1.54) is 0 Å². The summed E-state index contributed by atoms with van der Waals surface area (Å²) in [6, 6.07) is 5.92. The summed E-state index contributed by atoms with van der Waals surface area (Å²) in [6.45, 7) is 2.97. The van der Waals surface area contributed by atoms with Gasteiger partial charge in [-0.25, -0.2) is 0 Å². The minimum atomic E-state index is 0.224. The van der Waals surface area contributed by atoms with Crippen molar-refractivity contribution in [1.82, 2.24) is 15.5 Å². The topological polar surface area (TPSA) is 51.0 Å². The van der Waals surface area contributed by atoms with E-state index in [-0.39, 0.29) is 6.04 Å². The van der Waals surface area contributed by atoms with Crippen LogP contribution in [0.4, 0.5) is 0 Å². The molecule has 1 aliphatic heterocycles. The van der Waals surface area contributed by atoms with Gasteiger partial charge in [0.25, 0.3) is 5.89 Å². The highest BCUT2D eigenvalue weighted by Gasteiger charge is 2.22. The molecule has 4 nitrogen and oxygen atoms in total. The summed E-state index contributed by atoms with van der Waals surface area (Å²) < 4.78 is 5.34. The zero-order valence-electron chi connectivity index (χ0n) is 10.1. The van der Waals surface area contributed by atoms with Crippen LogP contribution in [0.1, 0.15) is 30.3 Å². The molecule has 1 atom stereocenters. The fourth-order valence-electron chi connectivity index (χ4n) is 2.23. The van der Waals surface area contributed by atoms with Crippen molar-refractivity contribution in [1.29, 1.82) is 0 Å². The van der Waals surface area contributed by atoms with Crippen molar-refractivity contribution in [3.05, 3.63) is 34.6 Å². The Labute approximate surface area is 110 Å². The molecule has 1 aromatic heterocycles. The van der Waals surface area contributed by atoms with Gasteiger partial charge in [0.2, 0.25) is 0 Å². The van der Waals surface area contributed by atoms with E-state index in [9.17, 15) is 0 Å². The van der Waals surface area contributed by atoms with Crippen LogP contribution in [0.15, 0.2) is 22.7 Å². The zero-order valence-corrected chi connectivity index (χ0v) is 10.9. The van der Waals surface area contributed by atoms with Crippen LogP contribution in [-0.4, -0.2) is 16.7 Å². The summed E-state index contributed by atoms with van der Waals surface area (Å²) in [5.41, 5.74) is 1.87.